The summed E-state index contributed by atoms with van der Waals surface area (Å²) in [6.45, 7) is 0. The van der Waals surface area contributed by atoms with Crippen LogP contribution in [0.15, 0.2) is 48.5 Å². The summed E-state index contributed by atoms with van der Waals surface area (Å²) in [5.74, 6) is -1.10. The van der Waals surface area contributed by atoms with Crippen molar-refractivity contribution in [3.8, 4) is 0 Å². The summed E-state index contributed by atoms with van der Waals surface area (Å²) in [7, 11) is 0. The van der Waals surface area contributed by atoms with E-state index >= 15 is 0 Å². The molecule has 0 bridgehead atoms. The standard InChI is InChI=1S/C14H13N3O2/c15-11-7-3-1-5-9(11)13(18)17-14(19)10-6-2-4-8-12(10)16/h1-8H,15-16H2,(H,17,18,19). The van der Waals surface area contributed by atoms with E-state index in [2.05, 4.69) is 5.32 Å². The van der Waals surface area contributed by atoms with Crippen LogP contribution in [0.4, 0.5) is 11.4 Å². The first kappa shape index (κ1) is 12.6. The van der Waals surface area contributed by atoms with Gasteiger partial charge in [0.05, 0.1) is 11.1 Å². The van der Waals surface area contributed by atoms with Gasteiger partial charge in [-0.25, -0.2) is 0 Å². The van der Waals surface area contributed by atoms with Crippen molar-refractivity contribution in [2.45, 2.75) is 0 Å². The van der Waals surface area contributed by atoms with Gasteiger partial charge in [0.2, 0.25) is 0 Å². The molecule has 0 radical (unpaired) electrons. The molecule has 0 atom stereocenters. The fourth-order valence-electron chi connectivity index (χ4n) is 1.65. The number of anilines is 2. The zero-order valence-corrected chi connectivity index (χ0v) is 10.1. The van der Waals surface area contributed by atoms with Gasteiger partial charge in [0.1, 0.15) is 0 Å². The first-order chi connectivity index (χ1) is 9.09. The number of nitrogens with one attached hydrogen (secondary N) is 1. The van der Waals surface area contributed by atoms with Crippen LogP contribution in [0.2, 0.25) is 0 Å². The Morgan fingerprint density at radius 1 is 0.737 bits per heavy atom. The number of hydrogen-bond acceptors (Lipinski definition) is 4. The van der Waals surface area contributed by atoms with E-state index in [0.29, 0.717) is 11.4 Å². The molecule has 0 heterocycles. The lowest BCUT2D eigenvalue weighted by Crippen LogP contribution is -2.31. The third-order valence-electron chi connectivity index (χ3n) is 2.64. The predicted octanol–water partition coefficient (Wildman–Crippen LogP) is 1.42. The lowest BCUT2D eigenvalue weighted by Gasteiger charge is -2.07. The van der Waals surface area contributed by atoms with Gasteiger partial charge in [-0.1, -0.05) is 24.3 Å². The average molecular weight is 255 g/mol. The number of amides is 2. The Morgan fingerprint density at radius 2 is 1.11 bits per heavy atom. The number of hydrogen-bond donors (Lipinski definition) is 3. The highest BCUT2D eigenvalue weighted by atomic mass is 16.2. The van der Waals surface area contributed by atoms with E-state index in [9.17, 15) is 9.59 Å². The second-order valence-corrected chi connectivity index (χ2v) is 3.96. The Labute approximate surface area is 110 Å². The smallest absolute Gasteiger partial charge is 0.260 e. The van der Waals surface area contributed by atoms with Crippen molar-refractivity contribution in [3.63, 3.8) is 0 Å². The average Bonchev–Trinajstić information content (AvgIpc) is 2.39. The van der Waals surface area contributed by atoms with Gasteiger partial charge in [0.15, 0.2) is 0 Å². The van der Waals surface area contributed by atoms with E-state index in [4.69, 9.17) is 11.5 Å². The van der Waals surface area contributed by atoms with Gasteiger partial charge in [0.25, 0.3) is 11.8 Å². The molecule has 0 aliphatic carbocycles. The van der Waals surface area contributed by atoms with Crippen LogP contribution in [0, 0.1) is 0 Å². The highest BCUT2D eigenvalue weighted by molar-refractivity contribution is 6.13. The van der Waals surface area contributed by atoms with E-state index < -0.39 is 11.8 Å². The topological polar surface area (TPSA) is 98.2 Å². The molecule has 0 spiro atoms. The van der Waals surface area contributed by atoms with Crippen molar-refractivity contribution < 1.29 is 9.59 Å². The fraction of sp³-hybridized carbons (Fsp3) is 0. The minimum Gasteiger partial charge on any atom is -0.398 e. The van der Waals surface area contributed by atoms with E-state index in [1.54, 1.807) is 48.5 Å². The molecular formula is C14H13N3O2. The van der Waals surface area contributed by atoms with Crippen LogP contribution in [0.3, 0.4) is 0 Å². The van der Waals surface area contributed by atoms with E-state index in [1.165, 1.54) is 0 Å². The third-order valence-corrected chi connectivity index (χ3v) is 2.64. The van der Waals surface area contributed by atoms with Crippen LogP contribution in [0.1, 0.15) is 20.7 Å². The number of imide groups is 1. The Hall–Kier alpha value is -2.82. The quantitative estimate of drug-likeness (QED) is 0.558. The minimum atomic E-state index is -0.550. The SMILES string of the molecule is Nc1ccccc1C(=O)NC(=O)c1ccccc1N. The van der Waals surface area contributed by atoms with Crippen LogP contribution in [0.25, 0.3) is 0 Å². The molecule has 0 saturated heterocycles. The van der Waals surface area contributed by atoms with Crippen molar-refractivity contribution in [3.05, 3.63) is 59.7 Å². The normalized spacial score (nSPS) is 9.89. The van der Waals surface area contributed by atoms with Gasteiger partial charge in [-0.05, 0) is 24.3 Å². The maximum Gasteiger partial charge on any atom is 0.260 e. The van der Waals surface area contributed by atoms with Crippen molar-refractivity contribution in [1.29, 1.82) is 0 Å². The number of carbonyl (C=O) groups is 2. The molecule has 0 aliphatic heterocycles. The Morgan fingerprint density at radius 3 is 1.47 bits per heavy atom. The molecule has 96 valence electrons. The van der Waals surface area contributed by atoms with Crippen molar-refractivity contribution in [2.24, 2.45) is 0 Å². The van der Waals surface area contributed by atoms with Crippen LogP contribution in [-0.4, -0.2) is 11.8 Å². The lowest BCUT2D eigenvalue weighted by molar-refractivity contribution is 0.0850. The summed E-state index contributed by atoms with van der Waals surface area (Å²) in [5.41, 5.74) is 12.5. The predicted molar refractivity (Wildman–Crippen MR) is 73.5 cm³/mol. The monoisotopic (exact) mass is 255 g/mol. The number of para-hydroxylation sites is 2. The van der Waals surface area contributed by atoms with Gasteiger partial charge >= 0.3 is 0 Å². The van der Waals surface area contributed by atoms with Gasteiger partial charge in [-0.15, -0.1) is 0 Å². The Bertz CT molecular complexity index is 583. The van der Waals surface area contributed by atoms with Crippen molar-refractivity contribution >= 4 is 23.2 Å². The summed E-state index contributed by atoms with van der Waals surface area (Å²) in [6, 6.07) is 13.1. The molecule has 2 aromatic rings. The summed E-state index contributed by atoms with van der Waals surface area (Å²) >= 11 is 0. The molecule has 0 unspecified atom stereocenters. The summed E-state index contributed by atoms with van der Waals surface area (Å²) in [4.78, 5) is 23.8. The summed E-state index contributed by atoms with van der Waals surface area (Å²) in [5, 5.41) is 2.26. The lowest BCUT2D eigenvalue weighted by atomic mass is 10.1. The van der Waals surface area contributed by atoms with Crippen LogP contribution in [-0.2, 0) is 0 Å². The number of carbonyl (C=O) groups excluding carboxylic acids is 2. The molecule has 5 nitrogen and oxygen atoms in total. The van der Waals surface area contributed by atoms with Gasteiger partial charge in [-0.2, -0.15) is 0 Å². The van der Waals surface area contributed by atoms with Gasteiger partial charge < -0.3 is 11.5 Å². The molecule has 2 rings (SSSR count). The number of rotatable bonds is 2. The van der Waals surface area contributed by atoms with E-state index in [-0.39, 0.29) is 11.1 Å². The van der Waals surface area contributed by atoms with Crippen LogP contribution >= 0.6 is 0 Å². The van der Waals surface area contributed by atoms with Crippen molar-refractivity contribution in [2.75, 3.05) is 11.5 Å². The summed E-state index contributed by atoms with van der Waals surface area (Å²) in [6.07, 6.45) is 0. The minimum absolute atomic E-state index is 0.255. The first-order valence-corrected chi connectivity index (χ1v) is 5.64. The number of nitrogen functional groups attached to an aromatic ring is 2. The molecule has 5 N–H and O–H groups in total. The van der Waals surface area contributed by atoms with E-state index in [0.717, 1.165) is 0 Å². The maximum atomic E-state index is 11.9. The highest BCUT2D eigenvalue weighted by Crippen LogP contribution is 2.12. The third kappa shape index (κ3) is 2.71. The first-order valence-electron chi connectivity index (χ1n) is 5.64. The maximum absolute atomic E-state index is 11.9. The van der Waals surface area contributed by atoms with Crippen LogP contribution in [0.5, 0.6) is 0 Å². The van der Waals surface area contributed by atoms with Crippen LogP contribution < -0.4 is 16.8 Å². The molecule has 2 amide bonds. The molecule has 0 saturated carbocycles. The molecular weight excluding hydrogens is 242 g/mol. The van der Waals surface area contributed by atoms with E-state index in [1.807, 2.05) is 0 Å². The second-order valence-electron chi connectivity index (χ2n) is 3.96. The fourth-order valence-corrected chi connectivity index (χ4v) is 1.65. The zero-order chi connectivity index (χ0) is 13.8. The summed E-state index contributed by atoms with van der Waals surface area (Å²) < 4.78 is 0. The second kappa shape index (κ2) is 5.22. The number of nitrogens with two attached hydrogens (primary N) is 2. The zero-order valence-electron chi connectivity index (χ0n) is 10.1. The molecule has 0 fully saturated rings. The van der Waals surface area contributed by atoms with Crippen molar-refractivity contribution in [1.82, 2.24) is 5.32 Å². The highest BCUT2D eigenvalue weighted by Gasteiger charge is 2.15. The molecule has 19 heavy (non-hydrogen) atoms. The van der Waals surface area contributed by atoms with Gasteiger partial charge in [-0.3, -0.25) is 14.9 Å². The number of benzene rings is 2. The molecule has 2 aromatic carbocycles. The molecule has 0 aromatic heterocycles. The molecule has 5 heteroatoms. The molecule has 0 aliphatic rings. The van der Waals surface area contributed by atoms with Gasteiger partial charge in [0, 0.05) is 11.4 Å². The largest absolute Gasteiger partial charge is 0.398 e. The Balaban J connectivity index is 2.19. The Kier molecular flexibility index (Phi) is 3.47.